The topological polar surface area (TPSA) is 75.7 Å². The Kier molecular flexibility index (Phi) is 6.74. The van der Waals surface area contributed by atoms with Crippen molar-refractivity contribution in [1.29, 1.82) is 0 Å². The van der Waals surface area contributed by atoms with Crippen molar-refractivity contribution < 1.29 is 17.9 Å². The van der Waals surface area contributed by atoms with E-state index in [0.29, 0.717) is 24.4 Å². The van der Waals surface area contributed by atoms with Crippen LogP contribution in [-0.2, 0) is 16.6 Å². The predicted octanol–water partition coefficient (Wildman–Crippen LogP) is 3.84. The molecule has 7 heteroatoms. The highest BCUT2D eigenvalue weighted by Gasteiger charge is 2.21. The second-order valence-electron chi connectivity index (χ2n) is 6.56. The largest absolute Gasteiger partial charge is 0.494 e. The van der Waals surface area contributed by atoms with Crippen molar-refractivity contribution in [3.63, 3.8) is 0 Å². The van der Waals surface area contributed by atoms with Crippen LogP contribution in [0.5, 0.6) is 5.75 Å². The van der Waals surface area contributed by atoms with E-state index in [4.69, 9.17) is 4.74 Å². The van der Waals surface area contributed by atoms with Gasteiger partial charge < -0.3 is 10.1 Å². The maximum Gasteiger partial charge on any atom is 0.264 e. The van der Waals surface area contributed by atoms with Crippen molar-refractivity contribution in [3.05, 3.63) is 90.0 Å². The quantitative estimate of drug-likeness (QED) is 0.596. The van der Waals surface area contributed by atoms with Crippen LogP contribution in [-0.4, -0.2) is 28.0 Å². The lowest BCUT2D eigenvalue weighted by atomic mass is 10.1. The molecule has 0 atom stereocenters. The van der Waals surface area contributed by atoms with Gasteiger partial charge in [0.15, 0.2) is 0 Å². The maximum atomic E-state index is 12.8. The van der Waals surface area contributed by atoms with Gasteiger partial charge in [-0.25, -0.2) is 8.42 Å². The number of hydrogen-bond donors (Lipinski definition) is 1. The zero-order chi connectivity index (χ0) is 21.6. The van der Waals surface area contributed by atoms with Crippen LogP contribution in [0.3, 0.4) is 0 Å². The predicted molar refractivity (Wildman–Crippen MR) is 117 cm³/mol. The Hall–Kier alpha value is -3.32. The molecule has 0 bridgehead atoms. The molecule has 156 valence electrons. The Balaban J connectivity index is 1.76. The van der Waals surface area contributed by atoms with Crippen LogP contribution in [0.25, 0.3) is 0 Å². The van der Waals surface area contributed by atoms with E-state index in [0.717, 1.165) is 11.3 Å². The summed E-state index contributed by atoms with van der Waals surface area (Å²) in [7, 11) is -2.25. The van der Waals surface area contributed by atoms with Gasteiger partial charge in [0.05, 0.1) is 17.2 Å². The van der Waals surface area contributed by atoms with Crippen molar-refractivity contribution in [2.75, 3.05) is 18.0 Å². The van der Waals surface area contributed by atoms with Crippen molar-refractivity contribution in [2.45, 2.75) is 18.4 Å². The third-order valence-electron chi connectivity index (χ3n) is 4.59. The van der Waals surface area contributed by atoms with Crippen LogP contribution in [0.15, 0.2) is 83.8 Å². The minimum Gasteiger partial charge on any atom is -0.494 e. The van der Waals surface area contributed by atoms with Crippen molar-refractivity contribution in [3.8, 4) is 5.75 Å². The summed E-state index contributed by atoms with van der Waals surface area (Å²) in [6, 6.07) is 22.2. The van der Waals surface area contributed by atoms with E-state index in [1.165, 1.54) is 23.5 Å². The van der Waals surface area contributed by atoms with Crippen LogP contribution >= 0.6 is 0 Å². The highest BCUT2D eigenvalue weighted by molar-refractivity contribution is 7.92. The lowest BCUT2D eigenvalue weighted by Crippen LogP contribution is -2.27. The Morgan fingerprint density at radius 3 is 2.40 bits per heavy atom. The minimum absolute atomic E-state index is 0.190. The Morgan fingerprint density at radius 2 is 1.67 bits per heavy atom. The van der Waals surface area contributed by atoms with Gasteiger partial charge in [-0.05, 0) is 43.3 Å². The molecule has 0 fully saturated rings. The second kappa shape index (κ2) is 9.45. The maximum absolute atomic E-state index is 12.8. The zero-order valence-corrected chi connectivity index (χ0v) is 17.7. The SMILES string of the molecule is CCOc1ccccc1CNC(=O)c1cccc(N(C)S(=O)(=O)c2ccccc2)c1. The Bertz CT molecular complexity index is 1110. The van der Waals surface area contributed by atoms with Crippen molar-refractivity contribution in [2.24, 2.45) is 0 Å². The third-order valence-corrected chi connectivity index (χ3v) is 6.39. The molecule has 0 saturated heterocycles. The molecule has 3 aromatic rings. The highest BCUT2D eigenvalue weighted by Crippen LogP contribution is 2.23. The lowest BCUT2D eigenvalue weighted by molar-refractivity contribution is 0.0950. The molecular weight excluding hydrogens is 400 g/mol. The molecule has 30 heavy (non-hydrogen) atoms. The summed E-state index contributed by atoms with van der Waals surface area (Å²) in [4.78, 5) is 12.9. The fourth-order valence-corrected chi connectivity index (χ4v) is 4.16. The lowest BCUT2D eigenvalue weighted by Gasteiger charge is -2.20. The number of nitrogens with one attached hydrogen (secondary N) is 1. The smallest absolute Gasteiger partial charge is 0.264 e. The standard InChI is InChI=1S/C23H24N2O4S/c1-3-29-22-15-8-7-10-19(22)17-24-23(26)18-11-9-12-20(16-18)25(2)30(27,28)21-13-5-4-6-14-21/h4-16H,3,17H2,1-2H3,(H,24,26). The molecule has 0 spiro atoms. The van der Waals surface area contributed by atoms with Gasteiger partial charge in [0.1, 0.15) is 5.75 Å². The number of carbonyl (C=O) groups is 1. The summed E-state index contributed by atoms with van der Waals surface area (Å²) in [5.41, 5.74) is 1.64. The monoisotopic (exact) mass is 424 g/mol. The molecule has 0 unspecified atom stereocenters. The van der Waals surface area contributed by atoms with E-state index >= 15 is 0 Å². The number of hydrogen-bond acceptors (Lipinski definition) is 4. The molecule has 0 aliphatic carbocycles. The van der Waals surface area contributed by atoms with Gasteiger partial charge in [0.25, 0.3) is 15.9 Å². The van der Waals surface area contributed by atoms with Gasteiger partial charge in [0, 0.05) is 24.7 Å². The first-order valence-corrected chi connectivity index (χ1v) is 11.0. The van der Waals surface area contributed by atoms with Gasteiger partial charge in [-0.2, -0.15) is 0 Å². The molecular formula is C23H24N2O4S. The second-order valence-corrected chi connectivity index (χ2v) is 8.53. The fraction of sp³-hybridized carbons (Fsp3) is 0.174. The first-order chi connectivity index (χ1) is 14.4. The number of benzene rings is 3. The summed E-state index contributed by atoms with van der Waals surface area (Å²) in [6.45, 7) is 2.74. The molecule has 0 radical (unpaired) electrons. The van der Waals surface area contributed by atoms with Gasteiger partial charge in [-0.3, -0.25) is 9.10 Å². The van der Waals surface area contributed by atoms with Gasteiger partial charge >= 0.3 is 0 Å². The summed E-state index contributed by atoms with van der Waals surface area (Å²) >= 11 is 0. The summed E-state index contributed by atoms with van der Waals surface area (Å²) < 4.78 is 32.4. The van der Waals surface area contributed by atoms with Crippen LogP contribution in [0, 0.1) is 0 Å². The number of anilines is 1. The minimum atomic E-state index is -3.72. The molecule has 0 aromatic heterocycles. The highest BCUT2D eigenvalue weighted by atomic mass is 32.2. The first kappa shape index (κ1) is 21.4. The molecule has 1 amide bonds. The Morgan fingerprint density at radius 1 is 0.967 bits per heavy atom. The van der Waals surface area contributed by atoms with Crippen LogP contribution in [0.2, 0.25) is 0 Å². The van der Waals surface area contributed by atoms with Crippen LogP contribution < -0.4 is 14.4 Å². The molecule has 6 nitrogen and oxygen atoms in total. The molecule has 3 aromatic carbocycles. The van der Waals surface area contributed by atoms with Gasteiger partial charge in [0.2, 0.25) is 0 Å². The number of para-hydroxylation sites is 1. The van der Waals surface area contributed by atoms with E-state index in [9.17, 15) is 13.2 Å². The number of amides is 1. The normalized spacial score (nSPS) is 11.0. The Labute approximate surface area is 177 Å². The summed E-state index contributed by atoms with van der Waals surface area (Å²) in [5.74, 6) is 0.427. The fourth-order valence-electron chi connectivity index (χ4n) is 2.96. The van der Waals surface area contributed by atoms with Gasteiger partial charge in [-0.15, -0.1) is 0 Å². The number of sulfonamides is 1. The number of carbonyl (C=O) groups excluding carboxylic acids is 1. The van der Waals surface area contributed by atoms with Crippen molar-refractivity contribution in [1.82, 2.24) is 5.32 Å². The van der Waals surface area contributed by atoms with E-state index in [-0.39, 0.29) is 10.8 Å². The molecule has 0 heterocycles. The van der Waals surface area contributed by atoms with E-state index in [1.807, 2.05) is 31.2 Å². The number of nitrogens with zero attached hydrogens (tertiary/aromatic N) is 1. The summed E-state index contributed by atoms with van der Waals surface area (Å²) in [6.07, 6.45) is 0. The van der Waals surface area contributed by atoms with E-state index < -0.39 is 10.0 Å². The summed E-state index contributed by atoms with van der Waals surface area (Å²) in [5, 5.41) is 2.86. The molecule has 0 aliphatic heterocycles. The van der Waals surface area contributed by atoms with Gasteiger partial charge in [-0.1, -0.05) is 42.5 Å². The van der Waals surface area contributed by atoms with Crippen LogP contribution in [0.1, 0.15) is 22.8 Å². The van der Waals surface area contributed by atoms with Crippen LogP contribution in [0.4, 0.5) is 5.69 Å². The van der Waals surface area contributed by atoms with E-state index in [1.54, 1.807) is 42.5 Å². The zero-order valence-electron chi connectivity index (χ0n) is 16.9. The molecule has 0 saturated carbocycles. The van der Waals surface area contributed by atoms with E-state index in [2.05, 4.69) is 5.32 Å². The average molecular weight is 425 g/mol. The van der Waals surface area contributed by atoms with Crippen molar-refractivity contribution >= 4 is 21.6 Å². The molecule has 1 N–H and O–H groups in total. The molecule has 3 rings (SSSR count). The number of ether oxygens (including phenoxy) is 1. The number of rotatable bonds is 8. The third kappa shape index (κ3) is 4.80. The average Bonchev–Trinajstić information content (AvgIpc) is 2.78. The molecule has 0 aliphatic rings. The first-order valence-electron chi connectivity index (χ1n) is 9.56.